The van der Waals surface area contributed by atoms with Crippen molar-refractivity contribution in [2.45, 2.75) is 39.5 Å². The van der Waals surface area contributed by atoms with E-state index in [-0.39, 0.29) is 12.7 Å². The predicted molar refractivity (Wildman–Crippen MR) is 84.8 cm³/mol. The number of hydrogen-bond acceptors (Lipinski definition) is 5. The van der Waals surface area contributed by atoms with Crippen molar-refractivity contribution in [1.29, 1.82) is 0 Å². The molecule has 0 bridgehead atoms. The summed E-state index contributed by atoms with van der Waals surface area (Å²) in [6, 6.07) is 3.53. The molecule has 0 aliphatic carbocycles. The average Bonchev–Trinajstić information content (AvgIpc) is 2.52. The third kappa shape index (κ3) is 4.91. The lowest BCUT2D eigenvalue weighted by Crippen LogP contribution is -2.10. The van der Waals surface area contributed by atoms with Crippen LogP contribution in [0.4, 0.5) is 0 Å². The molecule has 0 saturated heterocycles. The van der Waals surface area contributed by atoms with Gasteiger partial charge in [0, 0.05) is 13.2 Å². The van der Waals surface area contributed by atoms with Crippen molar-refractivity contribution in [3.05, 3.63) is 23.3 Å². The number of carbonyl (C=O) groups excluding carboxylic acids is 1. The Morgan fingerprint density at radius 2 is 1.86 bits per heavy atom. The lowest BCUT2D eigenvalue weighted by molar-refractivity contribution is 0.0463. The molecule has 0 N–H and O–H groups in total. The molecule has 0 fully saturated rings. The maximum Gasteiger partial charge on any atom is 0.341 e. The molecule has 0 atom stereocenters. The van der Waals surface area contributed by atoms with Gasteiger partial charge in [0.1, 0.15) is 17.1 Å². The molecule has 0 spiro atoms. The summed E-state index contributed by atoms with van der Waals surface area (Å²) in [5.74, 6) is 0.927. The fourth-order valence-electron chi connectivity index (χ4n) is 1.99. The van der Waals surface area contributed by atoms with Crippen LogP contribution < -0.4 is 9.47 Å². The summed E-state index contributed by atoms with van der Waals surface area (Å²) in [4.78, 5) is 12.0. The van der Waals surface area contributed by atoms with Gasteiger partial charge in [-0.15, -0.1) is 0 Å². The number of esters is 1. The molecule has 0 saturated carbocycles. The van der Waals surface area contributed by atoms with Crippen LogP contribution in [-0.4, -0.2) is 33.6 Å². The highest BCUT2D eigenvalue weighted by Gasteiger charge is 2.20. The summed E-state index contributed by atoms with van der Waals surface area (Å²) in [5, 5.41) is 0. The van der Waals surface area contributed by atoms with Gasteiger partial charge in [0.15, 0.2) is 6.79 Å². The Kier molecular flexibility index (Phi) is 7.74. The zero-order valence-electron chi connectivity index (χ0n) is 14.1. The van der Waals surface area contributed by atoms with Gasteiger partial charge in [-0.2, -0.15) is 0 Å². The van der Waals surface area contributed by atoms with Crippen LogP contribution >= 0.6 is 0 Å². The lowest BCUT2D eigenvalue weighted by atomic mass is 9.98. The SMILES string of the molecule is CCCCOc1cc(OCOC)c(C(=O)OC)cc1C(C)C. The van der Waals surface area contributed by atoms with Gasteiger partial charge in [0.25, 0.3) is 0 Å². The van der Waals surface area contributed by atoms with Gasteiger partial charge >= 0.3 is 5.97 Å². The van der Waals surface area contributed by atoms with E-state index in [1.54, 1.807) is 12.1 Å². The summed E-state index contributed by atoms with van der Waals surface area (Å²) >= 11 is 0. The largest absolute Gasteiger partial charge is 0.493 e. The van der Waals surface area contributed by atoms with Crippen molar-refractivity contribution in [2.24, 2.45) is 0 Å². The van der Waals surface area contributed by atoms with Crippen LogP contribution in [0.2, 0.25) is 0 Å². The van der Waals surface area contributed by atoms with E-state index in [2.05, 4.69) is 20.8 Å². The number of rotatable bonds is 9. The highest BCUT2D eigenvalue weighted by atomic mass is 16.7. The molecule has 0 aliphatic rings. The first-order valence-electron chi connectivity index (χ1n) is 7.55. The van der Waals surface area contributed by atoms with Gasteiger partial charge in [-0.05, 0) is 24.0 Å². The Morgan fingerprint density at radius 1 is 1.14 bits per heavy atom. The number of ether oxygens (including phenoxy) is 4. The Morgan fingerprint density at radius 3 is 2.41 bits per heavy atom. The highest BCUT2D eigenvalue weighted by Crippen LogP contribution is 2.34. The normalized spacial score (nSPS) is 10.6. The van der Waals surface area contributed by atoms with Crippen molar-refractivity contribution in [2.75, 3.05) is 27.6 Å². The van der Waals surface area contributed by atoms with E-state index in [9.17, 15) is 4.79 Å². The molecule has 124 valence electrons. The van der Waals surface area contributed by atoms with Crippen LogP contribution in [0.5, 0.6) is 11.5 Å². The van der Waals surface area contributed by atoms with Crippen LogP contribution in [0.1, 0.15) is 55.5 Å². The molecule has 1 aromatic rings. The van der Waals surface area contributed by atoms with Crippen LogP contribution in [0, 0.1) is 0 Å². The molecule has 0 aromatic heterocycles. The summed E-state index contributed by atoms with van der Waals surface area (Å²) in [5.41, 5.74) is 1.34. The Labute approximate surface area is 132 Å². The van der Waals surface area contributed by atoms with Crippen molar-refractivity contribution >= 4 is 5.97 Å². The Balaban J connectivity index is 3.20. The predicted octanol–water partition coefficient (Wildman–Crippen LogP) is 3.76. The van der Waals surface area contributed by atoms with Crippen LogP contribution in [0.15, 0.2) is 12.1 Å². The molecule has 0 unspecified atom stereocenters. The molecule has 5 nitrogen and oxygen atoms in total. The van der Waals surface area contributed by atoms with Gasteiger partial charge in [-0.1, -0.05) is 27.2 Å². The summed E-state index contributed by atoms with van der Waals surface area (Å²) in [6.45, 7) is 6.91. The van der Waals surface area contributed by atoms with Crippen LogP contribution in [-0.2, 0) is 9.47 Å². The molecule has 0 aliphatic heterocycles. The minimum atomic E-state index is -0.437. The molecule has 0 radical (unpaired) electrons. The zero-order chi connectivity index (χ0) is 16.5. The summed E-state index contributed by atoms with van der Waals surface area (Å²) < 4.78 is 21.1. The summed E-state index contributed by atoms with van der Waals surface area (Å²) in [6.07, 6.45) is 2.04. The van der Waals surface area contributed by atoms with Gasteiger partial charge in [0.2, 0.25) is 0 Å². The molecule has 1 rings (SSSR count). The standard InChI is InChI=1S/C17H26O5/c1-6-7-8-21-15-10-16(22-11-19-4)14(17(18)20-5)9-13(15)12(2)3/h9-10,12H,6-8,11H2,1-5H3. The third-order valence-corrected chi connectivity index (χ3v) is 3.23. The number of unbranched alkanes of at least 4 members (excludes halogenated alkanes) is 1. The fourth-order valence-corrected chi connectivity index (χ4v) is 1.99. The van der Waals surface area contributed by atoms with E-state index in [1.165, 1.54) is 14.2 Å². The number of benzene rings is 1. The fraction of sp³-hybridized carbons (Fsp3) is 0.588. The highest BCUT2D eigenvalue weighted by molar-refractivity contribution is 5.93. The number of methoxy groups -OCH3 is 2. The second-order valence-corrected chi connectivity index (χ2v) is 5.29. The minimum Gasteiger partial charge on any atom is -0.493 e. The second-order valence-electron chi connectivity index (χ2n) is 5.29. The first kappa shape index (κ1) is 18.3. The van der Waals surface area contributed by atoms with E-state index in [0.29, 0.717) is 17.9 Å². The Hall–Kier alpha value is -1.75. The van der Waals surface area contributed by atoms with E-state index in [1.807, 2.05) is 0 Å². The number of hydrogen-bond donors (Lipinski definition) is 0. The topological polar surface area (TPSA) is 54.0 Å². The van der Waals surface area contributed by atoms with E-state index < -0.39 is 5.97 Å². The smallest absolute Gasteiger partial charge is 0.341 e. The number of carbonyl (C=O) groups is 1. The van der Waals surface area contributed by atoms with Crippen molar-refractivity contribution in [1.82, 2.24) is 0 Å². The lowest BCUT2D eigenvalue weighted by Gasteiger charge is -2.18. The molecular weight excluding hydrogens is 284 g/mol. The first-order valence-corrected chi connectivity index (χ1v) is 7.55. The quantitative estimate of drug-likeness (QED) is 0.395. The first-order chi connectivity index (χ1) is 10.5. The second kappa shape index (κ2) is 9.30. The zero-order valence-corrected chi connectivity index (χ0v) is 14.1. The van der Waals surface area contributed by atoms with Crippen molar-refractivity contribution in [3.8, 4) is 11.5 Å². The molecule has 1 aromatic carbocycles. The van der Waals surface area contributed by atoms with Crippen molar-refractivity contribution in [3.63, 3.8) is 0 Å². The van der Waals surface area contributed by atoms with Crippen LogP contribution in [0.3, 0.4) is 0 Å². The molecule has 0 heterocycles. The van der Waals surface area contributed by atoms with Crippen molar-refractivity contribution < 1.29 is 23.7 Å². The molecule has 0 amide bonds. The maximum atomic E-state index is 12.0. The molecular formula is C17H26O5. The third-order valence-electron chi connectivity index (χ3n) is 3.23. The van der Waals surface area contributed by atoms with Gasteiger partial charge in [0.05, 0.1) is 13.7 Å². The maximum absolute atomic E-state index is 12.0. The van der Waals surface area contributed by atoms with E-state index >= 15 is 0 Å². The van der Waals surface area contributed by atoms with Gasteiger partial charge in [-0.25, -0.2) is 4.79 Å². The van der Waals surface area contributed by atoms with Crippen LogP contribution in [0.25, 0.3) is 0 Å². The molecule has 5 heteroatoms. The Bertz CT molecular complexity index is 482. The monoisotopic (exact) mass is 310 g/mol. The molecule has 22 heavy (non-hydrogen) atoms. The van der Waals surface area contributed by atoms with Gasteiger partial charge < -0.3 is 18.9 Å². The van der Waals surface area contributed by atoms with Gasteiger partial charge in [-0.3, -0.25) is 0 Å². The summed E-state index contributed by atoms with van der Waals surface area (Å²) in [7, 11) is 2.88. The van der Waals surface area contributed by atoms with E-state index in [4.69, 9.17) is 18.9 Å². The minimum absolute atomic E-state index is 0.0550. The average molecular weight is 310 g/mol. The van der Waals surface area contributed by atoms with E-state index in [0.717, 1.165) is 24.2 Å².